The average molecular weight is 308 g/mol. The summed E-state index contributed by atoms with van der Waals surface area (Å²) in [4.78, 5) is 0. The van der Waals surface area contributed by atoms with Crippen LogP contribution in [0.5, 0.6) is 0 Å². The van der Waals surface area contributed by atoms with Gasteiger partial charge in [-0.1, -0.05) is 28.1 Å². The Balaban J connectivity index is 2.22. The fourth-order valence-corrected chi connectivity index (χ4v) is 2.66. The van der Waals surface area contributed by atoms with Gasteiger partial charge in [0.1, 0.15) is 0 Å². The van der Waals surface area contributed by atoms with E-state index in [1.165, 1.54) is 11.3 Å². The van der Waals surface area contributed by atoms with Crippen molar-refractivity contribution >= 4 is 15.9 Å². The van der Waals surface area contributed by atoms with Crippen LogP contribution in [0.25, 0.3) is 0 Å². The lowest BCUT2D eigenvalue weighted by molar-refractivity contribution is 0.537. The van der Waals surface area contributed by atoms with Crippen LogP contribution in [0.1, 0.15) is 23.0 Å². The third-order valence-corrected chi connectivity index (χ3v) is 3.57. The average Bonchev–Trinajstić information content (AvgIpc) is 2.65. The van der Waals surface area contributed by atoms with Crippen LogP contribution in [0, 0.1) is 6.92 Å². The van der Waals surface area contributed by atoms with Gasteiger partial charge in [0.05, 0.1) is 17.4 Å². The molecule has 96 valence electrons. The Bertz CT molecular complexity index is 534. The first-order valence-corrected chi connectivity index (χ1v) is 6.81. The largest absolute Gasteiger partial charge is 0.311 e. The van der Waals surface area contributed by atoms with Crippen LogP contribution in [-0.4, -0.2) is 16.8 Å². The maximum Gasteiger partial charge on any atom is 0.0597 e. The maximum atomic E-state index is 4.41. The van der Waals surface area contributed by atoms with Gasteiger partial charge in [-0.05, 0) is 44.2 Å². The zero-order valence-electron chi connectivity index (χ0n) is 10.9. The summed E-state index contributed by atoms with van der Waals surface area (Å²) in [6, 6.07) is 10.9. The van der Waals surface area contributed by atoms with Gasteiger partial charge >= 0.3 is 0 Å². The predicted molar refractivity (Wildman–Crippen MR) is 77.6 cm³/mol. The molecule has 1 N–H and O–H groups in total. The van der Waals surface area contributed by atoms with E-state index in [1.54, 1.807) is 0 Å². The molecule has 1 aromatic heterocycles. The van der Waals surface area contributed by atoms with Crippen LogP contribution < -0.4 is 5.32 Å². The molecule has 0 aliphatic heterocycles. The van der Waals surface area contributed by atoms with Crippen molar-refractivity contribution in [3.05, 3.63) is 51.8 Å². The first-order chi connectivity index (χ1) is 8.60. The molecule has 0 saturated heterocycles. The monoisotopic (exact) mass is 307 g/mol. The molecule has 4 heteroatoms. The molecule has 1 atom stereocenters. The molecular weight excluding hydrogens is 290 g/mol. The molecule has 18 heavy (non-hydrogen) atoms. The normalized spacial score (nSPS) is 12.7. The smallest absolute Gasteiger partial charge is 0.0597 e. The fraction of sp³-hybridized carbons (Fsp3) is 0.357. The summed E-state index contributed by atoms with van der Waals surface area (Å²) >= 11 is 3.51. The lowest BCUT2D eigenvalue weighted by Crippen LogP contribution is -2.21. The number of benzene rings is 1. The molecule has 0 spiro atoms. The van der Waals surface area contributed by atoms with Gasteiger partial charge in [-0.25, -0.2) is 0 Å². The first-order valence-electron chi connectivity index (χ1n) is 6.02. The van der Waals surface area contributed by atoms with E-state index in [4.69, 9.17) is 0 Å². The van der Waals surface area contributed by atoms with Crippen LogP contribution >= 0.6 is 15.9 Å². The molecular formula is C14H18BrN3. The molecule has 2 rings (SSSR count). The van der Waals surface area contributed by atoms with Gasteiger partial charge in [-0.15, -0.1) is 0 Å². The minimum atomic E-state index is 0.283. The number of aromatic nitrogens is 2. The summed E-state index contributed by atoms with van der Waals surface area (Å²) < 4.78 is 3.07. The fourth-order valence-electron chi connectivity index (χ4n) is 2.21. The van der Waals surface area contributed by atoms with E-state index in [2.05, 4.69) is 50.6 Å². The number of aryl methyl sites for hydroxylation is 2. The van der Waals surface area contributed by atoms with Gasteiger partial charge in [0.15, 0.2) is 0 Å². The zero-order valence-corrected chi connectivity index (χ0v) is 12.5. The number of halogens is 1. The van der Waals surface area contributed by atoms with Gasteiger partial charge < -0.3 is 5.32 Å². The molecule has 0 bridgehead atoms. The summed E-state index contributed by atoms with van der Waals surface area (Å²) in [7, 11) is 3.98. The Labute approximate surface area is 116 Å². The Morgan fingerprint density at radius 2 is 2.17 bits per heavy atom. The summed E-state index contributed by atoms with van der Waals surface area (Å²) in [5.74, 6) is 0. The first kappa shape index (κ1) is 13.3. The van der Waals surface area contributed by atoms with Gasteiger partial charge in [-0.3, -0.25) is 4.68 Å². The third kappa shape index (κ3) is 3.00. The third-order valence-electron chi connectivity index (χ3n) is 3.07. The van der Waals surface area contributed by atoms with E-state index in [9.17, 15) is 0 Å². The van der Waals surface area contributed by atoms with Crippen LogP contribution in [-0.2, 0) is 13.5 Å². The van der Waals surface area contributed by atoms with Crippen LogP contribution in [0.3, 0.4) is 0 Å². The van der Waals surface area contributed by atoms with Crippen LogP contribution in [0.15, 0.2) is 34.8 Å². The van der Waals surface area contributed by atoms with Crippen molar-refractivity contribution in [2.45, 2.75) is 19.4 Å². The molecule has 3 nitrogen and oxygen atoms in total. The quantitative estimate of drug-likeness (QED) is 0.941. The minimum Gasteiger partial charge on any atom is -0.311 e. The summed E-state index contributed by atoms with van der Waals surface area (Å²) in [5.41, 5.74) is 3.58. The van der Waals surface area contributed by atoms with Crippen molar-refractivity contribution in [3.63, 3.8) is 0 Å². The lowest BCUT2D eigenvalue weighted by atomic mass is 10.0. The van der Waals surface area contributed by atoms with Crippen molar-refractivity contribution in [2.24, 2.45) is 7.05 Å². The number of nitrogens with one attached hydrogen (secondary N) is 1. The van der Waals surface area contributed by atoms with Gasteiger partial charge in [-0.2, -0.15) is 5.10 Å². The van der Waals surface area contributed by atoms with Crippen LogP contribution in [0.2, 0.25) is 0 Å². The summed E-state index contributed by atoms with van der Waals surface area (Å²) in [6.07, 6.45) is 0.953. The number of rotatable bonds is 4. The van der Waals surface area contributed by atoms with Crippen molar-refractivity contribution in [3.8, 4) is 0 Å². The topological polar surface area (TPSA) is 29.9 Å². The second kappa shape index (κ2) is 5.67. The Morgan fingerprint density at radius 3 is 2.72 bits per heavy atom. The predicted octanol–water partition coefficient (Wildman–Crippen LogP) is 2.99. The molecule has 0 fully saturated rings. The highest BCUT2D eigenvalue weighted by molar-refractivity contribution is 9.10. The van der Waals surface area contributed by atoms with E-state index in [0.717, 1.165) is 16.6 Å². The van der Waals surface area contributed by atoms with Crippen molar-refractivity contribution in [2.75, 3.05) is 7.05 Å². The SMILES string of the molecule is CNC(Cc1cccc(Br)c1)c1cc(C)nn1C. The Hall–Kier alpha value is -1.13. The standard InChI is InChI=1S/C14H18BrN3/c1-10-7-14(18(3)17-10)13(16-2)9-11-5-4-6-12(15)8-11/h4-8,13,16H,9H2,1-3H3. The molecule has 2 aromatic rings. The molecule has 1 unspecified atom stereocenters. The summed E-state index contributed by atoms with van der Waals surface area (Å²) in [6.45, 7) is 2.02. The van der Waals surface area contributed by atoms with E-state index >= 15 is 0 Å². The van der Waals surface area contributed by atoms with E-state index < -0.39 is 0 Å². The minimum absolute atomic E-state index is 0.283. The molecule has 0 radical (unpaired) electrons. The number of likely N-dealkylation sites (N-methyl/N-ethyl adjacent to an activating group) is 1. The molecule has 1 aromatic carbocycles. The van der Waals surface area contributed by atoms with E-state index in [0.29, 0.717) is 0 Å². The van der Waals surface area contributed by atoms with Crippen molar-refractivity contribution in [1.29, 1.82) is 0 Å². The maximum absolute atomic E-state index is 4.41. The molecule has 0 aliphatic carbocycles. The second-order valence-electron chi connectivity index (χ2n) is 4.51. The number of hydrogen-bond acceptors (Lipinski definition) is 2. The van der Waals surface area contributed by atoms with Gasteiger partial charge in [0.2, 0.25) is 0 Å². The molecule has 0 aliphatic rings. The van der Waals surface area contributed by atoms with Gasteiger partial charge in [0, 0.05) is 11.5 Å². The van der Waals surface area contributed by atoms with Gasteiger partial charge in [0.25, 0.3) is 0 Å². The highest BCUT2D eigenvalue weighted by atomic mass is 79.9. The molecule has 0 amide bonds. The highest BCUT2D eigenvalue weighted by Crippen LogP contribution is 2.20. The van der Waals surface area contributed by atoms with E-state index in [1.807, 2.05) is 31.8 Å². The lowest BCUT2D eigenvalue weighted by Gasteiger charge is -2.16. The zero-order chi connectivity index (χ0) is 13.1. The van der Waals surface area contributed by atoms with Crippen molar-refractivity contribution in [1.82, 2.24) is 15.1 Å². The Kier molecular flexibility index (Phi) is 4.19. The number of hydrogen-bond donors (Lipinski definition) is 1. The Morgan fingerprint density at radius 1 is 1.39 bits per heavy atom. The van der Waals surface area contributed by atoms with E-state index in [-0.39, 0.29) is 6.04 Å². The second-order valence-corrected chi connectivity index (χ2v) is 5.43. The number of nitrogens with zero attached hydrogens (tertiary/aromatic N) is 2. The summed E-state index contributed by atoms with van der Waals surface area (Å²) in [5, 5.41) is 7.77. The molecule has 1 heterocycles. The molecule has 0 saturated carbocycles. The highest BCUT2D eigenvalue weighted by Gasteiger charge is 2.14. The van der Waals surface area contributed by atoms with Crippen molar-refractivity contribution < 1.29 is 0 Å². The van der Waals surface area contributed by atoms with Crippen LogP contribution in [0.4, 0.5) is 0 Å².